The molecule has 0 spiro atoms. The van der Waals surface area contributed by atoms with E-state index >= 15 is 0 Å². The van der Waals surface area contributed by atoms with E-state index in [-0.39, 0.29) is 11.5 Å². The van der Waals surface area contributed by atoms with E-state index in [9.17, 15) is 4.79 Å². The van der Waals surface area contributed by atoms with Crippen LogP contribution in [-0.4, -0.2) is 28.5 Å². The minimum Gasteiger partial charge on any atom is -0.495 e. The molecule has 2 aromatic rings. The summed E-state index contributed by atoms with van der Waals surface area (Å²) in [7, 11) is 1.61. The Morgan fingerprint density at radius 1 is 1.42 bits per heavy atom. The normalized spacial score (nSPS) is 14.7. The number of hydrogen-bond acceptors (Lipinski definition) is 4. The van der Waals surface area contributed by atoms with Crippen LogP contribution in [0.5, 0.6) is 5.75 Å². The highest BCUT2D eigenvalue weighted by molar-refractivity contribution is 6.32. The number of rotatable bonds is 4. The number of ether oxygens (including phenoxy) is 1. The highest BCUT2D eigenvalue weighted by Crippen LogP contribution is 2.29. The Morgan fingerprint density at radius 2 is 2.21 bits per heavy atom. The lowest BCUT2D eigenvalue weighted by Gasteiger charge is -2.28. The summed E-state index contributed by atoms with van der Waals surface area (Å²) in [6, 6.07) is 5.77. The van der Waals surface area contributed by atoms with Crippen molar-refractivity contribution in [2.75, 3.05) is 13.7 Å². The number of benzene rings is 1. The molecule has 1 aromatic carbocycles. The molecule has 6 heteroatoms. The lowest BCUT2D eigenvalue weighted by molar-refractivity contribution is 0.241. The predicted molar refractivity (Wildman–Crippen MR) is 94.8 cm³/mol. The van der Waals surface area contributed by atoms with Crippen molar-refractivity contribution in [3.63, 3.8) is 0 Å². The molecule has 0 radical (unpaired) electrons. The maximum Gasteiger partial charge on any atom is 0.255 e. The van der Waals surface area contributed by atoms with Crippen LogP contribution < -0.4 is 10.3 Å². The van der Waals surface area contributed by atoms with E-state index in [1.54, 1.807) is 7.11 Å². The Kier molecular flexibility index (Phi) is 4.92. The average molecular weight is 348 g/mol. The maximum absolute atomic E-state index is 12.4. The molecule has 0 saturated carbocycles. The first-order valence-electron chi connectivity index (χ1n) is 8.15. The first-order chi connectivity index (χ1) is 11.5. The van der Waals surface area contributed by atoms with Crippen molar-refractivity contribution < 1.29 is 4.74 Å². The molecule has 3 rings (SSSR count). The van der Waals surface area contributed by atoms with Gasteiger partial charge in [0.1, 0.15) is 11.6 Å². The maximum atomic E-state index is 12.4. The second kappa shape index (κ2) is 6.95. The number of nitrogens with one attached hydrogen (secondary N) is 1. The first-order valence-corrected chi connectivity index (χ1v) is 8.53. The van der Waals surface area contributed by atoms with Gasteiger partial charge in [-0.25, -0.2) is 4.98 Å². The molecule has 1 aliphatic rings. The zero-order chi connectivity index (χ0) is 17.3. The largest absolute Gasteiger partial charge is 0.495 e. The van der Waals surface area contributed by atoms with Gasteiger partial charge in [-0.1, -0.05) is 37.6 Å². The van der Waals surface area contributed by atoms with Gasteiger partial charge in [0.15, 0.2) is 0 Å². The van der Waals surface area contributed by atoms with E-state index in [1.165, 1.54) is 0 Å². The fourth-order valence-electron chi connectivity index (χ4n) is 2.99. The monoisotopic (exact) mass is 347 g/mol. The van der Waals surface area contributed by atoms with Crippen LogP contribution in [0.15, 0.2) is 23.0 Å². The molecule has 0 bridgehead atoms. The number of aromatic nitrogens is 2. The van der Waals surface area contributed by atoms with E-state index in [0.717, 1.165) is 35.6 Å². The van der Waals surface area contributed by atoms with Crippen molar-refractivity contribution in [2.45, 2.75) is 39.3 Å². The van der Waals surface area contributed by atoms with Crippen molar-refractivity contribution in [3.8, 4) is 5.75 Å². The first kappa shape index (κ1) is 17.0. The zero-order valence-electron chi connectivity index (χ0n) is 14.2. The van der Waals surface area contributed by atoms with Gasteiger partial charge in [-0.05, 0) is 11.6 Å². The van der Waals surface area contributed by atoms with Crippen LogP contribution in [0.3, 0.4) is 0 Å². The van der Waals surface area contributed by atoms with E-state index < -0.39 is 0 Å². The number of halogens is 1. The topological polar surface area (TPSA) is 58.2 Å². The molecular weight excluding hydrogens is 326 g/mol. The molecule has 1 N–H and O–H groups in total. The third kappa shape index (κ3) is 3.32. The van der Waals surface area contributed by atoms with Gasteiger partial charge in [0, 0.05) is 32.0 Å². The van der Waals surface area contributed by atoms with Crippen LogP contribution in [0.25, 0.3) is 0 Å². The van der Waals surface area contributed by atoms with Gasteiger partial charge in [0.05, 0.1) is 23.4 Å². The summed E-state index contributed by atoms with van der Waals surface area (Å²) in [4.78, 5) is 22.1. The number of hydrogen-bond donors (Lipinski definition) is 1. The van der Waals surface area contributed by atoms with Crippen molar-refractivity contribution in [1.29, 1.82) is 0 Å². The Morgan fingerprint density at radius 3 is 2.92 bits per heavy atom. The van der Waals surface area contributed by atoms with E-state index in [2.05, 4.69) is 14.9 Å². The van der Waals surface area contributed by atoms with Gasteiger partial charge < -0.3 is 9.72 Å². The Balaban J connectivity index is 1.82. The SMILES string of the molecule is COc1cccc(CN2CCc3nc(C(C)C)[nH]c(=O)c3C2)c1Cl. The molecule has 0 unspecified atom stereocenters. The summed E-state index contributed by atoms with van der Waals surface area (Å²) in [6.45, 7) is 6.19. The number of nitrogens with zero attached hydrogens (tertiary/aromatic N) is 2. The summed E-state index contributed by atoms with van der Waals surface area (Å²) < 4.78 is 5.27. The van der Waals surface area contributed by atoms with Crippen molar-refractivity contribution in [1.82, 2.24) is 14.9 Å². The molecule has 5 nitrogen and oxygen atoms in total. The van der Waals surface area contributed by atoms with Gasteiger partial charge in [-0.15, -0.1) is 0 Å². The predicted octanol–water partition coefficient (Wildman–Crippen LogP) is 3.11. The fraction of sp³-hybridized carbons (Fsp3) is 0.444. The van der Waals surface area contributed by atoms with Crippen LogP contribution in [0.2, 0.25) is 5.02 Å². The van der Waals surface area contributed by atoms with Crippen LogP contribution >= 0.6 is 11.6 Å². The molecule has 0 saturated heterocycles. The van der Waals surface area contributed by atoms with Gasteiger partial charge in [0.25, 0.3) is 5.56 Å². The van der Waals surface area contributed by atoms with Crippen molar-refractivity contribution in [2.24, 2.45) is 0 Å². The number of methoxy groups -OCH3 is 1. The second-order valence-corrected chi connectivity index (χ2v) is 6.80. The second-order valence-electron chi connectivity index (χ2n) is 6.43. The Labute approximate surface area is 146 Å². The zero-order valence-corrected chi connectivity index (χ0v) is 15.0. The third-order valence-corrected chi connectivity index (χ3v) is 4.80. The molecule has 0 atom stereocenters. The summed E-state index contributed by atoms with van der Waals surface area (Å²) >= 11 is 6.38. The molecule has 0 amide bonds. The Hall–Kier alpha value is -1.85. The van der Waals surface area contributed by atoms with Crippen molar-refractivity contribution >= 4 is 11.6 Å². The summed E-state index contributed by atoms with van der Waals surface area (Å²) in [5.41, 5.74) is 2.67. The van der Waals surface area contributed by atoms with Crippen molar-refractivity contribution in [3.05, 3.63) is 56.2 Å². The van der Waals surface area contributed by atoms with Gasteiger partial charge >= 0.3 is 0 Å². The molecule has 2 heterocycles. The van der Waals surface area contributed by atoms with Crippen LogP contribution in [-0.2, 0) is 19.5 Å². The lowest BCUT2D eigenvalue weighted by Crippen LogP contribution is -2.36. The molecule has 24 heavy (non-hydrogen) atoms. The highest BCUT2D eigenvalue weighted by atomic mass is 35.5. The van der Waals surface area contributed by atoms with Crippen LogP contribution in [0.1, 0.15) is 42.4 Å². The van der Waals surface area contributed by atoms with Gasteiger partial charge in [-0.3, -0.25) is 9.69 Å². The summed E-state index contributed by atoms with van der Waals surface area (Å²) in [6.07, 6.45) is 0.778. The standard InChI is InChI=1S/C18H22ClN3O2/c1-11(2)17-20-14-7-8-22(10-13(14)18(23)21-17)9-12-5-4-6-15(24-3)16(12)19/h4-6,11H,7-10H2,1-3H3,(H,20,21,23). The minimum absolute atomic E-state index is 0.0230. The quantitative estimate of drug-likeness (QED) is 0.923. The fourth-order valence-corrected chi connectivity index (χ4v) is 3.25. The van der Waals surface area contributed by atoms with Gasteiger partial charge in [0.2, 0.25) is 0 Å². The average Bonchev–Trinajstić information content (AvgIpc) is 2.57. The Bertz CT molecular complexity index is 801. The molecular formula is C18H22ClN3O2. The number of aromatic amines is 1. The van der Waals surface area contributed by atoms with Gasteiger partial charge in [-0.2, -0.15) is 0 Å². The highest BCUT2D eigenvalue weighted by Gasteiger charge is 2.22. The summed E-state index contributed by atoms with van der Waals surface area (Å²) in [5, 5.41) is 0.632. The molecule has 0 fully saturated rings. The third-order valence-electron chi connectivity index (χ3n) is 4.37. The number of fused-ring (bicyclic) bond motifs is 1. The van der Waals surface area contributed by atoms with E-state index in [1.807, 2.05) is 32.0 Å². The smallest absolute Gasteiger partial charge is 0.255 e. The van der Waals surface area contributed by atoms with Crippen LogP contribution in [0.4, 0.5) is 0 Å². The molecule has 128 valence electrons. The molecule has 1 aliphatic heterocycles. The van der Waals surface area contributed by atoms with Crippen LogP contribution in [0, 0.1) is 0 Å². The van der Waals surface area contributed by atoms with E-state index in [4.69, 9.17) is 16.3 Å². The number of H-pyrrole nitrogens is 1. The minimum atomic E-state index is -0.0230. The van der Waals surface area contributed by atoms with E-state index in [0.29, 0.717) is 23.9 Å². The summed E-state index contributed by atoms with van der Waals surface area (Å²) in [5.74, 6) is 1.66. The lowest BCUT2D eigenvalue weighted by atomic mass is 10.0. The molecule has 1 aromatic heterocycles. The molecule has 0 aliphatic carbocycles.